The summed E-state index contributed by atoms with van der Waals surface area (Å²) in [7, 11) is 1.99. The fraction of sp³-hybridized carbons (Fsp3) is 0.400. The van der Waals surface area contributed by atoms with Gasteiger partial charge in [-0.2, -0.15) is 5.10 Å². The van der Waals surface area contributed by atoms with Gasteiger partial charge in [0.05, 0.1) is 29.0 Å². The zero-order valence-corrected chi connectivity index (χ0v) is 13.2. The highest BCUT2D eigenvalue weighted by molar-refractivity contribution is 9.10. The summed E-state index contributed by atoms with van der Waals surface area (Å²) < 4.78 is 8.90. The lowest BCUT2D eigenvalue weighted by molar-refractivity contribution is 0.299. The van der Waals surface area contributed by atoms with Crippen molar-refractivity contribution < 1.29 is 4.74 Å². The zero-order chi connectivity index (χ0) is 14.1. The van der Waals surface area contributed by atoms with E-state index in [0.29, 0.717) is 12.5 Å². The Morgan fingerprint density at radius 2 is 2.30 bits per heavy atom. The molecule has 0 saturated heterocycles. The number of nitrogens with one attached hydrogen (secondary N) is 1. The van der Waals surface area contributed by atoms with Crippen molar-refractivity contribution in [3.05, 3.63) is 46.2 Å². The van der Waals surface area contributed by atoms with Gasteiger partial charge in [0.25, 0.3) is 0 Å². The van der Waals surface area contributed by atoms with Gasteiger partial charge in [-0.05, 0) is 36.0 Å². The molecule has 2 aromatic rings. The normalized spacial score (nSPS) is 18.6. The van der Waals surface area contributed by atoms with Crippen LogP contribution in [0, 0.1) is 0 Å². The summed E-state index contributed by atoms with van der Waals surface area (Å²) >= 11 is 3.62. The Hall–Kier alpha value is -1.33. The highest BCUT2D eigenvalue weighted by Crippen LogP contribution is 2.42. The smallest absolute Gasteiger partial charge is 0.122 e. The fourth-order valence-corrected chi connectivity index (χ4v) is 3.47. The molecule has 2 unspecified atom stereocenters. The summed E-state index contributed by atoms with van der Waals surface area (Å²) in [6.45, 7) is 3.66. The van der Waals surface area contributed by atoms with Crippen LogP contribution in [0.25, 0.3) is 0 Å². The van der Waals surface area contributed by atoms with Gasteiger partial charge in [0.1, 0.15) is 5.75 Å². The molecule has 1 N–H and O–H groups in total. The lowest BCUT2D eigenvalue weighted by Gasteiger charge is -2.23. The Morgan fingerprint density at radius 3 is 3.05 bits per heavy atom. The van der Waals surface area contributed by atoms with Crippen molar-refractivity contribution in [2.24, 2.45) is 0 Å². The van der Waals surface area contributed by atoms with E-state index in [1.54, 1.807) is 0 Å². The van der Waals surface area contributed by atoms with Crippen molar-refractivity contribution in [2.45, 2.75) is 25.4 Å². The van der Waals surface area contributed by atoms with Crippen LogP contribution in [0.5, 0.6) is 5.75 Å². The number of hydrogen-bond donors (Lipinski definition) is 1. The van der Waals surface area contributed by atoms with E-state index >= 15 is 0 Å². The number of rotatable bonds is 4. The quantitative estimate of drug-likeness (QED) is 0.933. The molecule has 2 atom stereocenters. The number of halogens is 1. The molecule has 1 aromatic carbocycles. The Kier molecular flexibility index (Phi) is 3.81. The number of likely N-dealkylation sites (N-methyl/N-ethyl adjacent to an activating group) is 1. The topological polar surface area (TPSA) is 39.1 Å². The van der Waals surface area contributed by atoms with Crippen LogP contribution in [0.15, 0.2) is 34.9 Å². The molecule has 0 spiro atoms. The molecule has 0 radical (unpaired) electrons. The summed E-state index contributed by atoms with van der Waals surface area (Å²) in [4.78, 5) is 0. The summed E-state index contributed by atoms with van der Waals surface area (Å²) in [6.07, 6.45) is 1.87. The van der Waals surface area contributed by atoms with Crippen molar-refractivity contribution in [3.63, 3.8) is 0 Å². The fourth-order valence-electron chi connectivity index (χ4n) is 2.92. The van der Waals surface area contributed by atoms with Crippen molar-refractivity contribution >= 4 is 15.9 Å². The maximum atomic E-state index is 5.82. The van der Waals surface area contributed by atoms with Crippen LogP contribution >= 0.6 is 15.9 Å². The third-order valence-corrected chi connectivity index (χ3v) is 4.49. The predicted molar refractivity (Wildman–Crippen MR) is 82.1 cm³/mol. The van der Waals surface area contributed by atoms with Crippen LogP contribution in [-0.4, -0.2) is 23.4 Å². The Bertz CT molecular complexity index is 611. The van der Waals surface area contributed by atoms with Crippen LogP contribution in [0.1, 0.15) is 30.1 Å². The highest BCUT2D eigenvalue weighted by Gasteiger charge is 2.34. The van der Waals surface area contributed by atoms with Crippen molar-refractivity contribution in [1.82, 2.24) is 15.1 Å². The second-order valence-electron chi connectivity index (χ2n) is 4.92. The first kappa shape index (κ1) is 13.6. The summed E-state index contributed by atoms with van der Waals surface area (Å²) in [6, 6.07) is 8.45. The molecule has 3 rings (SSSR count). The second-order valence-corrected chi connectivity index (χ2v) is 5.77. The Labute approximate surface area is 127 Å². The van der Waals surface area contributed by atoms with E-state index in [4.69, 9.17) is 4.74 Å². The molecule has 20 heavy (non-hydrogen) atoms. The van der Waals surface area contributed by atoms with Gasteiger partial charge in [-0.25, -0.2) is 0 Å². The van der Waals surface area contributed by atoms with Crippen LogP contribution in [0.4, 0.5) is 0 Å². The average Bonchev–Trinajstić information content (AvgIpc) is 3.06. The first-order chi connectivity index (χ1) is 9.76. The molecule has 0 fully saturated rings. The van der Waals surface area contributed by atoms with E-state index in [1.807, 2.05) is 30.1 Å². The molecule has 1 aliphatic rings. The molecule has 5 heteroatoms. The number of benzene rings is 1. The molecular formula is C15H18BrN3O. The van der Waals surface area contributed by atoms with Gasteiger partial charge in [-0.3, -0.25) is 4.68 Å². The number of aryl methyl sites for hydroxylation is 1. The van der Waals surface area contributed by atoms with Gasteiger partial charge < -0.3 is 10.1 Å². The molecule has 0 aliphatic carbocycles. The summed E-state index contributed by atoms with van der Waals surface area (Å²) in [5.74, 6) is 1.30. The van der Waals surface area contributed by atoms with Gasteiger partial charge >= 0.3 is 0 Å². The summed E-state index contributed by atoms with van der Waals surface area (Å²) in [5, 5.41) is 7.85. The van der Waals surface area contributed by atoms with Crippen molar-refractivity contribution in [1.29, 1.82) is 0 Å². The molecule has 4 nitrogen and oxygen atoms in total. The van der Waals surface area contributed by atoms with Crippen LogP contribution in [0.2, 0.25) is 0 Å². The minimum absolute atomic E-state index is 0.176. The lowest BCUT2D eigenvalue weighted by atomic mass is 9.91. The van der Waals surface area contributed by atoms with E-state index in [1.165, 1.54) is 11.3 Å². The minimum Gasteiger partial charge on any atom is -0.493 e. The number of nitrogens with zero attached hydrogens (tertiary/aromatic N) is 2. The van der Waals surface area contributed by atoms with E-state index in [9.17, 15) is 0 Å². The standard InChI is InChI=1S/C15H18BrN3O/c1-3-19-15(12(16)8-18-19)14(17-2)11-9-20-13-7-5-4-6-10(11)13/h4-8,11,14,17H,3,9H2,1-2H3. The van der Waals surface area contributed by atoms with Crippen LogP contribution in [-0.2, 0) is 6.54 Å². The average molecular weight is 336 g/mol. The third-order valence-electron chi connectivity index (χ3n) is 3.88. The molecule has 2 heterocycles. The second kappa shape index (κ2) is 5.58. The molecule has 0 bridgehead atoms. The summed E-state index contributed by atoms with van der Waals surface area (Å²) in [5.41, 5.74) is 2.45. The van der Waals surface area contributed by atoms with Crippen molar-refractivity contribution in [2.75, 3.05) is 13.7 Å². The third kappa shape index (κ3) is 2.15. The first-order valence-electron chi connectivity index (χ1n) is 6.86. The number of fused-ring (bicyclic) bond motifs is 1. The minimum atomic E-state index is 0.176. The van der Waals surface area contributed by atoms with Crippen molar-refractivity contribution in [3.8, 4) is 5.75 Å². The van der Waals surface area contributed by atoms with E-state index in [0.717, 1.165) is 16.8 Å². The molecule has 1 aliphatic heterocycles. The first-order valence-corrected chi connectivity index (χ1v) is 7.65. The Balaban J connectivity index is 2.01. The maximum Gasteiger partial charge on any atom is 0.122 e. The molecular weight excluding hydrogens is 318 g/mol. The SMILES string of the molecule is CCn1ncc(Br)c1C(NC)C1COc2ccccc21. The van der Waals surface area contributed by atoms with Gasteiger partial charge in [-0.15, -0.1) is 0 Å². The largest absolute Gasteiger partial charge is 0.493 e. The number of hydrogen-bond acceptors (Lipinski definition) is 3. The number of aromatic nitrogens is 2. The zero-order valence-electron chi connectivity index (χ0n) is 11.6. The molecule has 106 valence electrons. The van der Waals surface area contributed by atoms with E-state index in [-0.39, 0.29) is 6.04 Å². The highest BCUT2D eigenvalue weighted by atomic mass is 79.9. The molecule has 1 aromatic heterocycles. The van der Waals surface area contributed by atoms with Crippen LogP contribution < -0.4 is 10.1 Å². The maximum absolute atomic E-state index is 5.82. The van der Waals surface area contributed by atoms with Crippen LogP contribution in [0.3, 0.4) is 0 Å². The monoisotopic (exact) mass is 335 g/mol. The van der Waals surface area contributed by atoms with Gasteiger partial charge in [0.2, 0.25) is 0 Å². The van der Waals surface area contributed by atoms with E-state index in [2.05, 4.69) is 45.4 Å². The molecule has 0 amide bonds. The molecule has 0 saturated carbocycles. The van der Waals surface area contributed by atoms with Gasteiger partial charge in [0.15, 0.2) is 0 Å². The number of ether oxygens (including phenoxy) is 1. The van der Waals surface area contributed by atoms with E-state index < -0.39 is 0 Å². The number of para-hydroxylation sites is 1. The van der Waals surface area contributed by atoms with Gasteiger partial charge in [0, 0.05) is 18.0 Å². The lowest BCUT2D eigenvalue weighted by Crippen LogP contribution is -2.27. The predicted octanol–water partition coefficient (Wildman–Crippen LogP) is 3.10. The van der Waals surface area contributed by atoms with Gasteiger partial charge in [-0.1, -0.05) is 18.2 Å². The Morgan fingerprint density at radius 1 is 1.50 bits per heavy atom.